The van der Waals surface area contributed by atoms with Gasteiger partial charge in [0.25, 0.3) is 5.56 Å². The topological polar surface area (TPSA) is 92.2 Å². The Labute approximate surface area is 198 Å². The third-order valence-electron chi connectivity index (χ3n) is 6.52. The fourth-order valence-electron chi connectivity index (χ4n) is 4.55. The normalized spacial score (nSPS) is 16.1. The number of hydrogen-bond donors (Lipinski definition) is 1. The second-order valence-corrected chi connectivity index (χ2v) is 8.93. The van der Waals surface area contributed by atoms with E-state index in [0.717, 1.165) is 54.0 Å². The Morgan fingerprint density at radius 2 is 1.82 bits per heavy atom. The molecule has 34 heavy (non-hydrogen) atoms. The van der Waals surface area contributed by atoms with Gasteiger partial charge in [-0.15, -0.1) is 5.10 Å². The minimum atomic E-state index is -0.351. The van der Waals surface area contributed by atoms with E-state index in [1.165, 1.54) is 0 Å². The maximum absolute atomic E-state index is 13.3. The number of nitrogens with one attached hydrogen (secondary N) is 1. The quantitative estimate of drug-likeness (QED) is 0.473. The number of likely N-dealkylation sites (N-methyl/N-ethyl adjacent to an activating group) is 1. The van der Waals surface area contributed by atoms with Crippen LogP contribution in [-0.4, -0.2) is 75.3 Å². The summed E-state index contributed by atoms with van der Waals surface area (Å²) >= 11 is 0. The van der Waals surface area contributed by atoms with Gasteiger partial charge in [0.15, 0.2) is 5.82 Å². The molecule has 1 aliphatic rings. The number of methoxy groups -OCH3 is 1. The molecule has 0 amide bonds. The lowest BCUT2D eigenvalue weighted by atomic mass is 10.0. The largest absolute Gasteiger partial charge is 0.497 e. The van der Waals surface area contributed by atoms with Crippen molar-refractivity contribution in [3.63, 3.8) is 0 Å². The fourth-order valence-corrected chi connectivity index (χ4v) is 4.55. The zero-order valence-electron chi connectivity index (χ0n) is 19.7. The van der Waals surface area contributed by atoms with Gasteiger partial charge in [0.1, 0.15) is 11.8 Å². The molecule has 5 rings (SSSR count). The SMILES string of the molecule is COc1ccc(Cn2nnnc2[C@H](c2cc3cc(C)ccc3[nH]c2=O)N2CCN(C)CC2)cc1. The first-order valence-electron chi connectivity index (χ1n) is 11.5. The number of nitrogens with zero attached hydrogens (tertiary/aromatic N) is 6. The highest BCUT2D eigenvalue weighted by molar-refractivity contribution is 5.79. The average Bonchev–Trinajstić information content (AvgIpc) is 3.29. The predicted octanol–water partition coefficient (Wildman–Crippen LogP) is 2.22. The highest BCUT2D eigenvalue weighted by Gasteiger charge is 2.32. The highest BCUT2D eigenvalue weighted by Crippen LogP contribution is 2.28. The standard InChI is InChI=1S/C25H29N7O2/c1-17-4-9-22-19(14-17)15-21(25(33)26-22)23(31-12-10-30(2)11-13-31)24-27-28-29-32(24)16-18-5-7-20(34-3)8-6-18/h4-9,14-15,23H,10-13,16H2,1-3H3,(H,26,33)/t23-/m0/s1. The summed E-state index contributed by atoms with van der Waals surface area (Å²) in [6, 6.07) is 15.5. The molecule has 1 N–H and O–H groups in total. The van der Waals surface area contributed by atoms with Crippen LogP contribution in [0.1, 0.15) is 28.6 Å². The number of pyridine rings is 1. The van der Waals surface area contributed by atoms with Crippen LogP contribution in [0.25, 0.3) is 10.9 Å². The van der Waals surface area contributed by atoms with Gasteiger partial charge in [-0.3, -0.25) is 9.69 Å². The van der Waals surface area contributed by atoms with Crippen LogP contribution in [0.5, 0.6) is 5.75 Å². The van der Waals surface area contributed by atoms with Crippen LogP contribution < -0.4 is 10.3 Å². The number of hydrogen-bond acceptors (Lipinski definition) is 7. The predicted molar refractivity (Wildman–Crippen MR) is 130 cm³/mol. The first-order chi connectivity index (χ1) is 16.5. The molecule has 1 aliphatic heterocycles. The molecule has 0 unspecified atom stereocenters. The Hall–Kier alpha value is -3.56. The van der Waals surface area contributed by atoms with Crippen molar-refractivity contribution in [2.45, 2.75) is 19.5 Å². The summed E-state index contributed by atoms with van der Waals surface area (Å²) < 4.78 is 7.07. The number of piperazine rings is 1. The molecule has 3 heterocycles. The minimum Gasteiger partial charge on any atom is -0.497 e. The monoisotopic (exact) mass is 459 g/mol. The number of H-pyrrole nitrogens is 1. The van der Waals surface area contributed by atoms with Gasteiger partial charge >= 0.3 is 0 Å². The third kappa shape index (κ3) is 4.44. The Bertz CT molecular complexity index is 1340. The van der Waals surface area contributed by atoms with Crippen LogP contribution in [0, 0.1) is 6.92 Å². The van der Waals surface area contributed by atoms with Crippen molar-refractivity contribution in [3.05, 3.63) is 81.4 Å². The van der Waals surface area contributed by atoms with Gasteiger partial charge in [-0.25, -0.2) is 4.68 Å². The molecule has 0 spiro atoms. The smallest absolute Gasteiger partial charge is 0.253 e. The summed E-state index contributed by atoms with van der Waals surface area (Å²) in [4.78, 5) is 21.0. The van der Waals surface area contributed by atoms with Crippen molar-refractivity contribution in [1.82, 2.24) is 35.0 Å². The van der Waals surface area contributed by atoms with Crippen molar-refractivity contribution >= 4 is 10.9 Å². The minimum absolute atomic E-state index is 0.112. The Kier molecular flexibility index (Phi) is 6.12. The van der Waals surface area contributed by atoms with Crippen LogP contribution in [-0.2, 0) is 6.54 Å². The van der Waals surface area contributed by atoms with E-state index in [1.807, 2.05) is 42.5 Å². The molecule has 0 radical (unpaired) electrons. The van der Waals surface area contributed by atoms with E-state index < -0.39 is 0 Å². The number of tetrazole rings is 1. The molecule has 176 valence electrons. The van der Waals surface area contributed by atoms with Crippen LogP contribution >= 0.6 is 0 Å². The molecule has 9 nitrogen and oxygen atoms in total. The second kappa shape index (κ2) is 9.36. The summed E-state index contributed by atoms with van der Waals surface area (Å²) in [6.45, 7) is 6.03. The first-order valence-corrected chi connectivity index (χ1v) is 11.5. The molecule has 0 bridgehead atoms. The maximum Gasteiger partial charge on any atom is 0.253 e. The Morgan fingerprint density at radius 1 is 1.06 bits per heavy atom. The van der Waals surface area contributed by atoms with Gasteiger partial charge in [0.2, 0.25) is 0 Å². The van der Waals surface area contributed by atoms with Crippen LogP contribution in [0.3, 0.4) is 0 Å². The zero-order chi connectivity index (χ0) is 23.7. The van der Waals surface area contributed by atoms with Gasteiger partial charge in [-0.1, -0.05) is 23.8 Å². The molecule has 0 saturated carbocycles. The van der Waals surface area contributed by atoms with E-state index in [-0.39, 0.29) is 11.6 Å². The van der Waals surface area contributed by atoms with E-state index in [4.69, 9.17) is 4.74 Å². The van der Waals surface area contributed by atoms with E-state index >= 15 is 0 Å². The molecule has 4 aromatic rings. The van der Waals surface area contributed by atoms with Crippen molar-refractivity contribution in [2.24, 2.45) is 0 Å². The summed E-state index contributed by atoms with van der Waals surface area (Å²) in [5.74, 6) is 1.46. The summed E-state index contributed by atoms with van der Waals surface area (Å²) in [5, 5.41) is 13.7. The molecule has 1 saturated heterocycles. The van der Waals surface area contributed by atoms with Crippen LogP contribution in [0.2, 0.25) is 0 Å². The lowest BCUT2D eigenvalue weighted by molar-refractivity contribution is 0.121. The van der Waals surface area contributed by atoms with E-state index in [1.54, 1.807) is 11.8 Å². The lowest BCUT2D eigenvalue weighted by Gasteiger charge is -2.37. The zero-order valence-corrected chi connectivity index (χ0v) is 19.7. The molecule has 1 atom stereocenters. The van der Waals surface area contributed by atoms with E-state index in [0.29, 0.717) is 17.9 Å². The number of benzene rings is 2. The van der Waals surface area contributed by atoms with Crippen molar-refractivity contribution in [1.29, 1.82) is 0 Å². The Balaban J connectivity index is 1.58. The van der Waals surface area contributed by atoms with Gasteiger partial charge in [0.05, 0.1) is 13.7 Å². The van der Waals surface area contributed by atoms with Gasteiger partial charge < -0.3 is 14.6 Å². The van der Waals surface area contributed by atoms with E-state index in [2.05, 4.69) is 50.3 Å². The molecule has 1 fully saturated rings. The highest BCUT2D eigenvalue weighted by atomic mass is 16.5. The number of fused-ring (bicyclic) bond motifs is 1. The molecule has 0 aliphatic carbocycles. The molecular formula is C25H29N7O2. The first kappa shape index (κ1) is 22.2. The maximum atomic E-state index is 13.3. The third-order valence-corrected chi connectivity index (χ3v) is 6.52. The van der Waals surface area contributed by atoms with Gasteiger partial charge in [-0.05, 0) is 65.7 Å². The van der Waals surface area contributed by atoms with Crippen molar-refractivity contribution < 1.29 is 4.74 Å². The number of rotatable bonds is 6. The molecule has 2 aromatic carbocycles. The average molecular weight is 460 g/mol. The molecule has 2 aromatic heterocycles. The number of aromatic amines is 1. The molecule has 9 heteroatoms. The molecular weight excluding hydrogens is 430 g/mol. The summed E-state index contributed by atoms with van der Waals surface area (Å²) in [5.41, 5.74) is 3.57. The van der Waals surface area contributed by atoms with Crippen LogP contribution in [0.4, 0.5) is 0 Å². The number of aromatic nitrogens is 5. The van der Waals surface area contributed by atoms with Crippen molar-refractivity contribution in [3.8, 4) is 5.75 Å². The Morgan fingerprint density at radius 3 is 2.56 bits per heavy atom. The summed E-state index contributed by atoms with van der Waals surface area (Å²) in [7, 11) is 3.77. The number of ether oxygens (including phenoxy) is 1. The van der Waals surface area contributed by atoms with Gasteiger partial charge in [-0.2, -0.15) is 0 Å². The fraction of sp³-hybridized carbons (Fsp3) is 0.360. The second-order valence-electron chi connectivity index (χ2n) is 8.93. The van der Waals surface area contributed by atoms with Crippen LogP contribution in [0.15, 0.2) is 53.3 Å². The summed E-state index contributed by atoms with van der Waals surface area (Å²) in [6.07, 6.45) is 0. The van der Waals surface area contributed by atoms with E-state index in [9.17, 15) is 4.79 Å². The number of aryl methyl sites for hydroxylation is 1. The van der Waals surface area contributed by atoms with Gasteiger partial charge in [0, 0.05) is 37.3 Å². The lowest BCUT2D eigenvalue weighted by Crippen LogP contribution is -2.47. The van der Waals surface area contributed by atoms with Crippen molar-refractivity contribution in [2.75, 3.05) is 40.3 Å².